The smallest absolute Gasteiger partial charge is 0.233 e. The summed E-state index contributed by atoms with van der Waals surface area (Å²) < 4.78 is 11.9. The molecule has 0 bridgehead atoms. The van der Waals surface area contributed by atoms with Gasteiger partial charge in [0.25, 0.3) is 0 Å². The Hall–Kier alpha value is -2.00. The van der Waals surface area contributed by atoms with E-state index in [1.807, 2.05) is 25.1 Å². The van der Waals surface area contributed by atoms with E-state index in [-0.39, 0.29) is 5.91 Å². The first-order valence-corrected chi connectivity index (χ1v) is 9.78. The third-order valence-electron chi connectivity index (χ3n) is 3.51. The summed E-state index contributed by atoms with van der Waals surface area (Å²) in [5.41, 5.74) is 1.01. The third-order valence-corrected chi connectivity index (χ3v) is 5.50. The Morgan fingerprint density at radius 3 is 2.92 bits per heavy atom. The van der Waals surface area contributed by atoms with Crippen molar-refractivity contribution in [2.75, 3.05) is 37.9 Å². The average Bonchev–Trinajstić information content (AvgIpc) is 3.07. The fraction of sp³-hybridized carbons (Fsp3) is 0.438. The van der Waals surface area contributed by atoms with Crippen molar-refractivity contribution >= 4 is 34.1 Å². The first kappa shape index (κ1) is 17.8. The number of carbonyl (C=O) groups excluding carboxylic acids is 1. The molecule has 0 atom stereocenters. The molecular weight excluding hydrogens is 360 g/mol. The summed E-state index contributed by atoms with van der Waals surface area (Å²) in [6.45, 7) is 4.46. The number of thioether (sulfide) groups is 1. The maximum atomic E-state index is 12.3. The fourth-order valence-electron chi connectivity index (χ4n) is 2.27. The largest absolute Gasteiger partial charge is 0.486 e. The Balaban J connectivity index is 1.51. The normalized spacial score (nSPS) is 12.7. The third kappa shape index (κ3) is 4.76. The Morgan fingerprint density at radius 1 is 1.32 bits per heavy atom. The Morgan fingerprint density at radius 2 is 2.12 bits per heavy atom. The van der Waals surface area contributed by atoms with Crippen LogP contribution >= 0.6 is 23.1 Å². The molecule has 1 aliphatic heterocycles. The molecular formula is C16H20N4O3S2. The minimum Gasteiger partial charge on any atom is -0.486 e. The van der Waals surface area contributed by atoms with Gasteiger partial charge in [-0.15, -0.1) is 10.2 Å². The van der Waals surface area contributed by atoms with E-state index in [0.717, 1.165) is 33.1 Å². The summed E-state index contributed by atoms with van der Waals surface area (Å²) in [6.07, 6.45) is 0. The van der Waals surface area contributed by atoms with Crippen molar-refractivity contribution in [1.82, 2.24) is 15.1 Å². The van der Waals surface area contributed by atoms with Gasteiger partial charge in [-0.1, -0.05) is 29.2 Å². The minimum absolute atomic E-state index is 0.0417. The lowest BCUT2D eigenvalue weighted by Crippen LogP contribution is -2.27. The Kier molecular flexibility index (Phi) is 5.98. The van der Waals surface area contributed by atoms with Crippen LogP contribution in [-0.4, -0.2) is 53.6 Å². The number of nitrogens with zero attached hydrogens (tertiary/aromatic N) is 3. The van der Waals surface area contributed by atoms with Crippen LogP contribution < -0.4 is 14.8 Å². The predicted molar refractivity (Wildman–Crippen MR) is 98.7 cm³/mol. The van der Waals surface area contributed by atoms with Crippen LogP contribution in [0.15, 0.2) is 22.5 Å². The van der Waals surface area contributed by atoms with Crippen molar-refractivity contribution in [3.05, 3.63) is 23.8 Å². The number of nitrogens with one attached hydrogen (secondary N) is 1. The zero-order valence-corrected chi connectivity index (χ0v) is 15.8. The molecule has 0 unspecified atom stereocenters. The van der Waals surface area contributed by atoms with Gasteiger partial charge in [-0.25, -0.2) is 0 Å². The quantitative estimate of drug-likeness (QED) is 0.740. The molecule has 1 aromatic carbocycles. The molecule has 9 heteroatoms. The van der Waals surface area contributed by atoms with Crippen LogP contribution in [0.3, 0.4) is 0 Å². The molecule has 0 aliphatic carbocycles. The molecule has 1 N–H and O–H groups in total. The van der Waals surface area contributed by atoms with Gasteiger partial charge in [0.1, 0.15) is 13.2 Å². The monoisotopic (exact) mass is 380 g/mol. The van der Waals surface area contributed by atoms with E-state index >= 15 is 0 Å². The van der Waals surface area contributed by atoms with Gasteiger partial charge in [0.05, 0.1) is 5.75 Å². The molecule has 25 heavy (non-hydrogen) atoms. The van der Waals surface area contributed by atoms with Crippen molar-refractivity contribution in [1.29, 1.82) is 0 Å². The van der Waals surface area contributed by atoms with Crippen LogP contribution in [-0.2, 0) is 11.3 Å². The molecule has 1 aromatic heterocycles. The molecule has 0 radical (unpaired) electrons. The van der Waals surface area contributed by atoms with E-state index in [4.69, 9.17) is 9.47 Å². The highest BCUT2D eigenvalue weighted by Crippen LogP contribution is 2.31. The van der Waals surface area contributed by atoms with Crippen LogP contribution in [0.4, 0.5) is 5.13 Å². The van der Waals surface area contributed by atoms with Crippen LogP contribution in [0.5, 0.6) is 11.5 Å². The van der Waals surface area contributed by atoms with Gasteiger partial charge in [-0.3, -0.25) is 4.79 Å². The topological polar surface area (TPSA) is 76.6 Å². The molecule has 0 spiro atoms. The van der Waals surface area contributed by atoms with Crippen LogP contribution in [0, 0.1) is 0 Å². The highest BCUT2D eigenvalue weighted by molar-refractivity contribution is 8.01. The van der Waals surface area contributed by atoms with E-state index in [9.17, 15) is 4.79 Å². The number of aromatic nitrogens is 2. The number of ether oxygens (including phenoxy) is 2. The Bertz CT molecular complexity index is 738. The Labute approximate surface area is 154 Å². The van der Waals surface area contributed by atoms with E-state index in [1.54, 1.807) is 11.9 Å². The second-order valence-corrected chi connectivity index (χ2v) is 7.62. The standard InChI is InChI=1S/C16H20N4O3S2/c1-3-17-15-18-19-16(25-15)24-10-14(21)20(2)9-11-4-5-12-13(8-11)23-7-6-22-12/h4-5,8H,3,6-7,9-10H2,1-2H3,(H,17,18). The molecule has 134 valence electrons. The van der Waals surface area contributed by atoms with E-state index < -0.39 is 0 Å². The summed E-state index contributed by atoms with van der Waals surface area (Å²) in [5.74, 6) is 1.87. The molecule has 0 fully saturated rings. The van der Waals surface area contributed by atoms with Crippen molar-refractivity contribution < 1.29 is 14.3 Å². The SMILES string of the molecule is CCNc1nnc(SCC(=O)N(C)Cc2ccc3c(c2)OCCO3)s1. The molecule has 7 nitrogen and oxygen atoms in total. The van der Waals surface area contributed by atoms with Crippen LogP contribution in [0.25, 0.3) is 0 Å². The van der Waals surface area contributed by atoms with Gasteiger partial charge in [-0.05, 0) is 24.6 Å². The average molecular weight is 380 g/mol. The van der Waals surface area contributed by atoms with Crippen molar-refractivity contribution in [2.45, 2.75) is 17.8 Å². The molecule has 0 saturated heterocycles. The summed E-state index contributed by atoms with van der Waals surface area (Å²) in [6, 6.07) is 5.77. The van der Waals surface area contributed by atoms with Crippen LogP contribution in [0.2, 0.25) is 0 Å². The van der Waals surface area contributed by atoms with Gasteiger partial charge in [-0.2, -0.15) is 0 Å². The fourth-order valence-corrected chi connectivity index (χ4v) is 4.03. The summed E-state index contributed by atoms with van der Waals surface area (Å²) in [7, 11) is 1.80. The van der Waals surface area contributed by atoms with Gasteiger partial charge < -0.3 is 19.7 Å². The zero-order chi connectivity index (χ0) is 17.6. The highest BCUT2D eigenvalue weighted by atomic mass is 32.2. The lowest BCUT2D eigenvalue weighted by Gasteiger charge is -2.21. The number of carbonyl (C=O) groups is 1. The summed E-state index contributed by atoms with van der Waals surface area (Å²) in [4.78, 5) is 14.0. The van der Waals surface area contributed by atoms with E-state index in [2.05, 4.69) is 15.5 Å². The second kappa shape index (κ2) is 8.39. The van der Waals surface area contributed by atoms with Gasteiger partial charge in [0.2, 0.25) is 11.0 Å². The van der Waals surface area contributed by atoms with Gasteiger partial charge in [0, 0.05) is 20.1 Å². The lowest BCUT2D eigenvalue weighted by molar-refractivity contribution is -0.127. The maximum Gasteiger partial charge on any atom is 0.233 e. The number of benzene rings is 1. The molecule has 3 rings (SSSR count). The number of anilines is 1. The molecule has 1 aliphatic rings. The molecule has 1 amide bonds. The second-order valence-electron chi connectivity index (χ2n) is 5.42. The van der Waals surface area contributed by atoms with Crippen molar-refractivity contribution in [3.8, 4) is 11.5 Å². The number of rotatable bonds is 7. The van der Waals surface area contributed by atoms with Crippen molar-refractivity contribution in [3.63, 3.8) is 0 Å². The number of hydrogen-bond donors (Lipinski definition) is 1. The first-order valence-electron chi connectivity index (χ1n) is 7.98. The number of fused-ring (bicyclic) bond motifs is 1. The van der Waals surface area contributed by atoms with Gasteiger partial charge >= 0.3 is 0 Å². The maximum absolute atomic E-state index is 12.3. The number of hydrogen-bond acceptors (Lipinski definition) is 8. The van der Waals surface area contributed by atoms with E-state index in [0.29, 0.717) is 25.5 Å². The van der Waals surface area contributed by atoms with Crippen molar-refractivity contribution in [2.24, 2.45) is 0 Å². The minimum atomic E-state index is 0.0417. The zero-order valence-electron chi connectivity index (χ0n) is 14.2. The predicted octanol–water partition coefficient (Wildman–Crippen LogP) is 2.49. The summed E-state index contributed by atoms with van der Waals surface area (Å²) in [5, 5.41) is 12.0. The summed E-state index contributed by atoms with van der Waals surface area (Å²) >= 11 is 2.87. The van der Waals surface area contributed by atoms with Crippen LogP contribution in [0.1, 0.15) is 12.5 Å². The first-order chi connectivity index (χ1) is 12.2. The molecule has 2 aromatic rings. The molecule has 0 saturated carbocycles. The van der Waals surface area contributed by atoms with Gasteiger partial charge in [0.15, 0.2) is 15.8 Å². The van der Waals surface area contributed by atoms with E-state index in [1.165, 1.54) is 23.1 Å². The molecule has 2 heterocycles. The number of amides is 1. The highest BCUT2D eigenvalue weighted by Gasteiger charge is 2.15. The lowest BCUT2D eigenvalue weighted by atomic mass is 10.2.